The molecule has 0 aliphatic carbocycles. The van der Waals surface area contributed by atoms with Crippen molar-refractivity contribution in [3.8, 4) is 0 Å². The van der Waals surface area contributed by atoms with Crippen LogP contribution in [0.4, 0.5) is 5.69 Å². The average molecular weight is 348 g/mol. The summed E-state index contributed by atoms with van der Waals surface area (Å²) in [7, 11) is 0. The van der Waals surface area contributed by atoms with Crippen LogP contribution in [0.15, 0.2) is 66.7 Å². The van der Waals surface area contributed by atoms with Gasteiger partial charge in [0.2, 0.25) is 11.8 Å². The van der Waals surface area contributed by atoms with Crippen molar-refractivity contribution >= 4 is 28.3 Å². The second-order valence-corrected chi connectivity index (χ2v) is 6.00. The standard InChI is InChI=1S/C21H20N2O3/c24-14-15-5-3-9-18(11-15)23-21(26)13-22-20(25)12-17-8-4-7-16-6-1-2-10-19(16)17/h1-11,24H,12-14H2,(H,22,25)(H,23,26). The molecule has 132 valence electrons. The summed E-state index contributed by atoms with van der Waals surface area (Å²) in [5, 5.41) is 16.6. The minimum absolute atomic E-state index is 0.0918. The fourth-order valence-electron chi connectivity index (χ4n) is 2.81. The first-order valence-corrected chi connectivity index (χ1v) is 8.38. The Balaban J connectivity index is 1.55. The molecule has 0 fully saturated rings. The zero-order valence-electron chi connectivity index (χ0n) is 14.2. The van der Waals surface area contributed by atoms with Gasteiger partial charge in [-0.2, -0.15) is 0 Å². The molecule has 0 unspecified atom stereocenters. The van der Waals surface area contributed by atoms with Gasteiger partial charge in [-0.1, -0.05) is 54.6 Å². The van der Waals surface area contributed by atoms with Crippen LogP contribution in [-0.4, -0.2) is 23.5 Å². The van der Waals surface area contributed by atoms with Crippen LogP contribution in [0, 0.1) is 0 Å². The van der Waals surface area contributed by atoms with Gasteiger partial charge in [0.05, 0.1) is 19.6 Å². The lowest BCUT2D eigenvalue weighted by molar-refractivity contribution is -0.123. The van der Waals surface area contributed by atoms with E-state index in [-0.39, 0.29) is 31.4 Å². The number of anilines is 1. The number of hydrogen-bond acceptors (Lipinski definition) is 3. The average Bonchev–Trinajstić information content (AvgIpc) is 2.67. The number of hydrogen-bond donors (Lipinski definition) is 3. The Kier molecular flexibility index (Phi) is 5.61. The molecule has 26 heavy (non-hydrogen) atoms. The van der Waals surface area contributed by atoms with Gasteiger partial charge < -0.3 is 15.7 Å². The number of amides is 2. The predicted molar refractivity (Wildman–Crippen MR) is 102 cm³/mol. The molecule has 0 heterocycles. The number of fused-ring (bicyclic) bond motifs is 1. The molecule has 0 radical (unpaired) electrons. The molecule has 5 heteroatoms. The third-order valence-electron chi connectivity index (χ3n) is 4.07. The first-order valence-electron chi connectivity index (χ1n) is 8.38. The lowest BCUT2D eigenvalue weighted by Crippen LogP contribution is -2.33. The van der Waals surface area contributed by atoms with Crippen molar-refractivity contribution in [1.29, 1.82) is 0 Å². The van der Waals surface area contributed by atoms with Crippen LogP contribution in [0.3, 0.4) is 0 Å². The fourth-order valence-corrected chi connectivity index (χ4v) is 2.81. The van der Waals surface area contributed by atoms with E-state index in [0.29, 0.717) is 11.3 Å². The Bertz CT molecular complexity index is 932. The van der Waals surface area contributed by atoms with Crippen molar-refractivity contribution in [2.75, 3.05) is 11.9 Å². The van der Waals surface area contributed by atoms with E-state index in [9.17, 15) is 9.59 Å². The van der Waals surface area contributed by atoms with Crippen LogP contribution in [0.5, 0.6) is 0 Å². The van der Waals surface area contributed by atoms with E-state index in [4.69, 9.17) is 5.11 Å². The molecule has 0 saturated carbocycles. The summed E-state index contributed by atoms with van der Waals surface area (Å²) in [5.74, 6) is -0.521. The Morgan fingerprint density at radius 1 is 0.885 bits per heavy atom. The van der Waals surface area contributed by atoms with Gasteiger partial charge in [-0.15, -0.1) is 0 Å². The van der Waals surface area contributed by atoms with Crippen LogP contribution < -0.4 is 10.6 Å². The topological polar surface area (TPSA) is 78.4 Å². The minimum Gasteiger partial charge on any atom is -0.392 e. The quantitative estimate of drug-likeness (QED) is 0.641. The van der Waals surface area contributed by atoms with Gasteiger partial charge in [0.1, 0.15) is 0 Å². The first-order chi connectivity index (χ1) is 12.7. The highest BCUT2D eigenvalue weighted by Crippen LogP contribution is 2.18. The highest BCUT2D eigenvalue weighted by molar-refractivity contribution is 5.95. The van der Waals surface area contributed by atoms with Crippen molar-refractivity contribution in [3.05, 3.63) is 77.9 Å². The second-order valence-electron chi connectivity index (χ2n) is 6.00. The summed E-state index contributed by atoms with van der Waals surface area (Å²) in [6.45, 7) is -0.196. The molecular weight excluding hydrogens is 328 g/mol. The zero-order valence-corrected chi connectivity index (χ0v) is 14.2. The summed E-state index contributed by atoms with van der Waals surface area (Å²) < 4.78 is 0. The lowest BCUT2D eigenvalue weighted by atomic mass is 10.0. The minimum atomic E-state index is -0.314. The highest BCUT2D eigenvalue weighted by Gasteiger charge is 2.09. The number of aliphatic hydroxyl groups is 1. The van der Waals surface area contributed by atoms with Crippen molar-refractivity contribution < 1.29 is 14.7 Å². The van der Waals surface area contributed by atoms with Crippen molar-refractivity contribution in [2.24, 2.45) is 0 Å². The number of nitrogens with one attached hydrogen (secondary N) is 2. The Morgan fingerprint density at radius 3 is 2.50 bits per heavy atom. The lowest BCUT2D eigenvalue weighted by Gasteiger charge is -2.09. The van der Waals surface area contributed by atoms with Gasteiger partial charge >= 0.3 is 0 Å². The molecule has 5 nitrogen and oxygen atoms in total. The van der Waals surface area contributed by atoms with E-state index < -0.39 is 0 Å². The normalized spacial score (nSPS) is 10.5. The molecule has 0 bridgehead atoms. The molecule has 0 aromatic heterocycles. The molecule has 3 rings (SSSR count). The molecule has 0 atom stereocenters. The number of carbonyl (C=O) groups is 2. The van der Waals surface area contributed by atoms with Gasteiger partial charge in [-0.3, -0.25) is 9.59 Å². The van der Waals surface area contributed by atoms with Crippen molar-refractivity contribution in [3.63, 3.8) is 0 Å². The van der Waals surface area contributed by atoms with Gasteiger partial charge in [0, 0.05) is 5.69 Å². The summed E-state index contributed by atoms with van der Waals surface area (Å²) in [6.07, 6.45) is 0.217. The highest BCUT2D eigenvalue weighted by atomic mass is 16.3. The number of benzene rings is 3. The van der Waals surface area contributed by atoms with Crippen LogP contribution >= 0.6 is 0 Å². The maximum Gasteiger partial charge on any atom is 0.243 e. The van der Waals surface area contributed by atoms with Gasteiger partial charge in [0.25, 0.3) is 0 Å². The van der Waals surface area contributed by atoms with Gasteiger partial charge in [0.15, 0.2) is 0 Å². The molecule has 0 aliphatic heterocycles. The largest absolute Gasteiger partial charge is 0.392 e. The van der Waals surface area contributed by atoms with E-state index in [1.807, 2.05) is 42.5 Å². The third-order valence-corrected chi connectivity index (χ3v) is 4.07. The third kappa shape index (κ3) is 4.46. The van der Waals surface area contributed by atoms with Gasteiger partial charge in [-0.05, 0) is 34.0 Å². The number of aliphatic hydroxyl groups excluding tert-OH is 1. The summed E-state index contributed by atoms with van der Waals surface area (Å²) >= 11 is 0. The molecule has 2 amide bonds. The molecule has 3 aromatic rings. The van der Waals surface area contributed by atoms with E-state index in [2.05, 4.69) is 10.6 Å². The molecule has 3 N–H and O–H groups in total. The summed E-state index contributed by atoms with van der Waals surface area (Å²) in [6, 6.07) is 20.7. The van der Waals surface area contributed by atoms with E-state index in [0.717, 1.165) is 16.3 Å². The van der Waals surface area contributed by atoms with Crippen LogP contribution in [-0.2, 0) is 22.6 Å². The maximum atomic E-state index is 12.2. The Morgan fingerprint density at radius 2 is 1.65 bits per heavy atom. The van der Waals surface area contributed by atoms with Crippen LogP contribution in [0.25, 0.3) is 10.8 Å². The Labute approximate surface area is 151 Å². The Hall–Kier alpha value is -3.18. The first kappa shape index (κ1) is 17.6. The molecule has 0 saturated heterocycles. The molecule has 0 spiro atoms. The van der Waals surface area contributed by atoms with E-state index in [1.54, 1.807) is 24.3 Å². The van der Waals surface area contributed by atoms with Crippen LogP contribution in [0.2, 0.25) is 0 Å². The summed E-state index contributed by atoms with van der Waals surface area (Å²) in [5.41, 5.74) is 2.23. The smallest absolute Gasteiger partial charge is 0.243 e. The van der Waals surface area contributed by atoms with Crippen LogP contribution in [0.1, 0.15) is 11.1 Å². The zero-order chi connectivity index (χ0) is 18.4. The molecule has 0 aliphatic rings. The van der Waals surface area contributed by atoms with Crippen molar-refractivity contribution in [2.45, 2.75) is 13.0 Å². The predicted octanol–water partition coefficient (Wildman–Crippen LogP) is 2.63. The SMILES string of the molecule is O=C(Cc1cccc2ccccc12)NCC(=O)Nc1cccc(CO)c1. The van der Waals surface area contributed by atoms with Gasteiger partial charge in [-0.25, -0.2) is 0 Å². The summed E-state index contributed by atoms with van der Waals surface area (Å²) in [4.78, 5) is 24.2. The number of carbonyl (C=O) groups excluding carboxylic acids is 2. The fraction of sp³-hybridized carbons (Fsp3) is 0.143. The molecular formula is C21H20N2O3. The molecule has 3 aromatic carbocycles. The number of rotatable bonds is 6. The monoisotopic (exact) mass is 348 g/mol. The van der Waals surface area contributed by atoms with Crippen molar-refractivity contribution in [1.82, 2.24) is 5.32 Å². The maximum absolute atomic E-state index is 12.2. The van der Waals surface area contributed by atoms with E-state index >= 15 is 0 Å². The second kappa shape index (κ2) is 8.27. The van der Waals surface area contributed by atoms with E-state index in [1.165, 1.54) is 0 Å².